The van der Waals surface area contributed by atoms with E-state index in [1.54, 1.807) is 0 Å². The number of nitrogens with two attached hydrogens (primary N) is 1. The van der Waals surface area contributed by atoms with Gasteiger partial charge in [0.25, 0.3) is 5.56 Å². The van der Waals surface area contributed by atoms with Crippen LogP contribution in [0.5, 0.6) is 0 Å². The third-order valence-electron chi connectivity index (χ3n) is 4.93. The molecule has 1 fully saturated rings. The Bertz CT molecular complexity index is 972. The summed E-state index contributed by atoms with van der Waals surface area (Å²) in [6.45, 7) is 0.890. The van der Waals surface area contributed by atoms with Crippen molar-refractivity contribution >= 4 is 23.2 Å². The standard InChI is InChI=1S/C18H18ClF3N4O3/c19-14-13(24-10-17(16(23)28)4-6-29-7-5-17)9-25-26(15(14)27)12-3-1-2-11(8-12)18(20,21)22/h1-3,8-9,24H,4-7,10H2,(H2,23,28). The fraction of sp³-hybridized carbons (Fsp3) is 0.389. The third-order valence-corrected chi connectivity index (χ3v) is 5.29. The highest BCUT2D eigenvalue weighted by Crippen LogP contribution is 2.32. The Labute approximate surface area is 168 Å². The molecule has 0 bridgehead atoms. The molecule has 0 saturated carbocycles. The lowest BCUT2D eigenvalue weighted by Gasteiger charge is -2.34. The number of benzene rings is 1. The Morgan fingerprint density at radius 2 is 2.03 bits per heavy atom. The van der Waals surface area contributed by atoms with Gasteiger partial charge in [-0.15, -0.1) is 0 Å². The molecule has 0 radical (unpaired) electrons. The van der Waals surface area contributed by atoms with E-state index in [0.717, 1.165) is 16.8 Å². The first-order valence-corrected chi connectivity index (χ1v) is 9.09. The average Bonchev–Trinajstić information content (AvgIpc) is 2.69. The van der Waals surface area contributed by atoms with Gasteiger partial charge in [-0.2, -0.15) is 23.0 Å². The van der Waals surface area contributed by atoms with Crippen molar-refractivity contribution in [3.63, 3.8) is 0 Å². The van der Waals surface area contributed by atoms with Crippen LogP contribution < -0.4 is 16.6 Å². The van der Waals surface area contributed by atoms with Gasteiger partial charge in [-0.1, -0.05) is 17.7 Å². The molecule has 0 unspecified atom stereocenters. The number of alkyl halides is 3. The molecule has 2 aromatic rings. The summed E-state index contributed by atoms with van der Waals surface area (Å²) < 4.78 is 44.8. The molecule has 156 valence electrons. The highest BCUT2D eigenvalue weighted by atomic mass is 35.5. The lowest BCUT2D eigenvalue weighted by Crippen LogP contribution is -2.46. The zero-order chi connectivity index (χ0) is 21.2. The van der Waals surface area contributed by atoms with Gasteiger partial charge in [0, 0.05) is 19.8 Å². The van der Waals surface area contributed by atoms with Crippen molar-refractivity contribution in [3.8, 4) is 5.69 Å². The van der Waals surface area contributed by atoms with Crippen LogP contribution in [0.15, 0.2) is 35.3 Å². The number of ether oxygens (including phenoxy) is 1. The summed E-state index contributed by atoms with van der Waals surface area (Å²) in [5.74, 6) is -0.491. The highest BCUT2D eigenvalue weighted by Gasteiger charge is 2.38. The van der Waals surface area contributed by atoms with Gasteiger partial charge in [0.2, 0.25) is 5.91 Å². The maximum atomic E-state index is 12.9. The predicted octanol–water partition coefficient (Wildman–Crippen LogP) is 2.60. The molecule has 0 spiro atoms. The SMILES string of the molecule is NC(=O)C1(CNc2cnn(-c3cccc(C(F)(F)F)c3)c(=O)c2Cl)CCOCC1. The van der Waals surface area contributed by atoms with Crippen LogP contribution in [0.25, 0.3) is 5.69 Å². The van der Waals surface area contributed by atoms with Crippen molar-refractivity contribution < 1.29 is 22.7 Å². The summed E-state index contributed by atoms with van der Waals surface area (Å²) in [5.41, 5.74) is 3.07. The molecular formula is C18H18ClF3N4O3. The van der Waals surface area contributed by atoms with E-state index >= 15 is 0 Å². The lowest BCUT2D eigenvalue weighted by molar-refractivity contribution is -0.137. The average molecular weight is 431 g/mol. The zero-order valence-electron chi connectivity index (χ0n) is 15.1. The quantitative estimate of drug-likeness (QED) is 0.759. The zero-order valence-corrected chi connectivity index (χ0v) is 15.9. The molecule has 29 heavy (non-hydrogen) atoms. The van der Waals surface area contributed by atoms with E-state index in [4.69, 9.17) is 22.1 Å². The third kappa shape index (κ3) is 4.38. The number of amides is 1. The minimum absolute atomic E-state index is 0.0729. The van der Waals surface area contributed by atoms with E-state index in [-0.39, 0.29) is 22.9 Å². The molecule has 3 N–H and O–H groups in total. The lowest BCUT2D eigenvalue weighted by atomic mass is 9.79. The van der Waals surface area contributed by atoms with E-state index in [1.807, 2.05) is 0 Å². The van der Waals surface area contributed by atoms with Crippen LogP contribution >= 0.6 is 11.6 Å². The van der Waals surface area contributed by atoms with Gasteiger partial charge in [0.1, 0.15) is 5.02 Å². The van der Waals surface area contributed by atoms with Gasteiger partial charge in [-0.05, 0) is 31.0 Å². The molecule has 7 nitrogen and oxygen atoms in total. The number of nitrogens with one attached hydrogen (secondary N) is 1. The Morgan fingerprint density at radius 1 is 1.34 bits per heavy atom. The van der Waals surface area contributed by atoms with Gasteiger partial charge in [0.15, 0.2) is 0 Å². The summed E-state index contributed by atoms with van der Waals surface area (Å²) in [6, 6.07) is 4.19. The van der Waals surface area contributed by atoms with E-state index in [0.29, 0.717) is 26.1 Å². The Morgan fingerprint density at radius 3 is 2.66 bits per heavy atom. The highest BCUT2D eigenvalue weighted by molar-refractivity contribution is 6.32. The van der Waals surface area contributed by atoms with Crippen LogP contribution in [0.2, 0.25) is 5.02 Å². The molecular weight excluding hydrogens is 413 g/mol. The second-order valence-electron chi connectivity index (χ2n) is 6.75. The summed E-state index contributed by atoms with van der Waals surface area (Å²) in [6.07, 6.45) is -2.50. The largest absolute Gasteiger partial charge is 0.416 e. The summed E-state index contributed by atoms with van der Waals surface area (Å²) in [5, 5.41) is 6.57. The number of carbonyl (C=O) groups excluding carboxylic acids is 1. The van der Waals surface area contributed by atoms with Gasteiger partial charge in [-0.25, -0.2) is 0 Å². The number of anilines is 1. The molecule has 0 atom stereocenters. The molecule has 1 aliphatic heterocycles. The van der Waals surface area contributed by atoms with Crippen LogP contribution in [-0.2, 0) is 15.7 Å². The van der Waals surface area contributed by atoms with Gasteiger partial charge < -0.3 is 15.8 Å². The summed E-state index contributed by atoms with van der Waals surface area (Å²) in [7, 11) is 0. The van der Waals surface area contributed by atoms with Crippen LogP contribution in [0.4, 0.5) is 18.9 Å². The molecule has 1 aromatic carbocycles. The number of carbonyl (C=O) groups is 1. The maximum Gasteiger partial charge on any atom is 0.416 e. The van der Waals surface area contributed by atoms with Crippen LogP contribution in [0, 0.1) is 5.41 Å². The van der Waals surface area contributed by atoms with Crippen molar-refractivity contribution in [1.82, 2.24) is 9.78 Å². The summed E-state index contributed by atoms with van der Waals surface area (Å²) >= 11 is 6.12. The Balaban J connectivity index is 1.87. The molecule has 11 heteroatoms. The second kappa shape index (κ2) is 8.03. The number of nitrogens with zero attached hydrogens (tertiary/aromatic N) is 2. The smallest absolute Gasteiger partial charge is 0.381 e. The van der Waals surface area contributed by atoms with E-state index in [9.17, 15) is 22.8 Å². The van der Waals surface area contributed by atoms with Gasteiger partial charge >= 0.3 is 6.18 Å². The first kappa shape index (κ1) is 21.1. The van der Waals surface area contributed by atoms with E-state index in [1.165, 1.54) is 18.3 Å². The van der Waals surface area contributed by atoms with Crippen LogP contribution in [-0.4, -0.2) is 35.4 Å². The first-order valence-electron chi connectivity index (χ1n) is 8.71. The van der Waals surface area contributed by atoms with E-state index < -0.39 is 28.6 Å². The van der Waals surface area contributed by atoms with Crippen molar-refractivity contribution in [2.24, 2.45) is 11.1 Å². The normalized spacial score (nSPS) is 16.4. The van der Waals surface area contributed by atoms with Crippen molar-refractivity contribution in [3.05, 3.63) is 51.4 Å². The minimum atomic E-state index is -4.56. The van der Waals surface area contributed by atoms with Gasteiger partial charge in [-0.3, -0.25) is 9.59 Å². The minimum Gasteiger partial charge on any atom is -0.381 e. The molecule has 1 aliphatic rings. The predicted molar refractivity (Wildman–Crippen MR) is 100 cm³/mol. The molecule has 1 saturated heterocycles. The number of primary amides is 1. The van der Waals surface area contributed by atoms with Gasteiger partial charge in [0.05, 0.1) is 28.6 Å². The van der Waals surface area contributed by atoms with Crippen molar-refractivity contribution in [2.75, 3.05) is 25.1 Å². The van der Waals surface area contributed by atoms with Crippen LogP contribution in [0.1, 0.15) is 18.4 Å². The van der Waals surface area contributed by atoms with E-state index in [2.05, 4.69) is 10.4 Å². The number of aromatic nitrogens is 2. The number of hydrogen-bond donors (Lipinski definition) is 2. The molecule has 2 heterocycles. The topological polar surface area (TPSA) is 99.2 Å². The fourth-order valence-electron chi connectivity index (χ4n) is 3.09. The fourth-order valence-corrected chi connectivity index (χ4v) is 3.29. The Hall–Kier alpha value is -2.59. The first-order chi connectivity index (χ1) is 13.6. The maximum absolute atomic E-state index is 12.9. The molecule has 1 amide bonds. The van der Waals surface area contributed by atoms with Crippen molar-refractivity contribution in [2.45, 2.75) is 19.0 Å². The van der Waals surface area contributed by atoms with Crippen molar-refractivity contribution in [1.29, 1.82) is 0 Å². The monoisotopic (exact) mass is 430 g/mol. The molecule has 0 aliphatic carbocycles. The molecule has 3 rings (SSSR count). The summed E-state index contributed by atoms with van der Waals surface area (Å²) in [4.78, 5) is 24.5. The second-order valence-corrected chi connectivity index (χ2v) is 7.13. The Kier molecular flexibility index (Phi) is 5.85. The van der Waals surface area contributed by atoms with Crippen LogP contribution in [0.3, 0.4) is 0 Å². The molecule has 1 aromatic heterocycles. The number of halogens is 4. The number of hydrogen-bond acceptors (Lipinski definition) is 5. The number of rotatable bonds is 5.